The largest absolute Gasteiger partial charge is 0.317 e. The van der Waals surface area contributed by atoms with Crippen LogP contribution in [0.25, 0.3) is 0 Å². The third-order valence-electron chi connectivity index (χ3n) is 1.33. The van der Waals surface area contributed by atoms with Gasteiger partial charge in [0, 0.05) is 13.2 Å². The van der Waals surface area contributed by atoms with E-state index in [1.165, 1.54) is 16.8 Å². The number of pyridine rings is 1. The van der Waals surface area contributed by atoms with Crippen molar-refractivity contribution in [2.45, 2.75) is 0 Å². The third-order valence-corrected chi connectivity index (χ3v) is 1.64. The highest BCUT2D eigenvalue weighted by Gasteiger charge is 2.04. The summed E-state index contributed by atoms with van der Waals surface area (Å²) in [6, 6.07) is 3.25. The van der Waals surface area contributed by atoms with Gasteiger partial charge in [0.05, 0.1) is 5.02 Å². The molecule has 0 bridgehead atoms. The van der Waals surface area contributed by atoms with E-state index in [1.54, 1.807) is 13.1 Å². The second kappa shape index (κ2) is 2.77. The quantitative estimate of drug-likeness (QED) is 0.578. The van der Waals surface area contributed by atoms with Gasteiger partial charge in [-0.1, -0.05) is 11.6 Å². The number of rotatable bonds is 0. The number of nitriles is 1. The molecular weight excluding hydrogens is 164 g/mol. The molecule has 0 aliphatic carbocycles. The van der Waals surface area contributed by atoms with Gasteiger partial charge < -0.3 is 4.57 Å². The maximum Gasteiger partial charge on any atom is 0.269 e. The summed E-state index contributed by atoms with van der Waals surface area (Å²) in [7, 11) is 1.57. The van der Waals surface area contributed by atoms with Gasteiger partial charge in [-0.25, -0.2) is 0 Å². The number of aromatic nitrogens is 1. The van der Waals surface area contributed by atoms with E-state index in [2.05, 4.69) is 0 Å². The standard InChI is InChI=1S/C7H5ClN2O/c1-10-3-2-6(8)5(4-9)7(10)11/h2-3H,1H3. The molecule has 11 heavy (non-hydrogen) atoms. The highest BCUT2D eigenvalue weighted by molar-refractivity contribution is 6.31. The van der Waals surface area contributed by atoms with Crippen LogP contribution in [0.2, 0.25) is 5.02 Å². The fraction of sp³-hybridized carbons (Fsp3) is 0.143. The first kappa shape index (κ1) is 7.83. The zero-order valence-electron chi connectivity index (χ0n) is 5.84. The van der Waals surface area contributed by atoms with Crippen LogP contribution in [0, 0.1) is 11.3 Å². The van der Waals surface area contributed by atoms with E-state index in [0.29, 0.717) is 0 Å². The van der Waals surface area contributed by atoms with Crippen LogP contribution in [0.1, 0.15) is 5.56 Å². The number of aryl methyl sites for hydroxylation is 1. The summed E-state index contributed by atoms with van der Waals surface area (Å²) in [6.45, 7) is 0. The molecular formula is C7H5ClN2O. The molecule has 0 fully saturated rings. The third kappa shape index (κ3) is 1.26. The van der Waals surface area contributed by atoms with Gasteiger partial charge in [-0.2, -0.15) is 5.26 Å². The molecule has 0 aliphatic heterocycles. The molecule has 56 valence electrons. The van der Waals surface area contributed by atoms with Gasteiger partial charge >= 0.3 is 0 Å². The van der Waals surface area contributed by atoms with Gasteiger partial charge in [0.25, 0.3) is 5.56 Å². The monoisotopic (exact) mass is 168 g/mol. The van der Waals surface area contributed by atoms with Crippen molar-refractivity contribution >= 4 is 11.6 Å². The Labute approximate surface area is 68.4 Å². The SMILES string of the molecule is Cn1ccc(Cl)c(C#N)c1=O. The zero-order chi connectivity index (χ0) is 8.43. The molecule has 1 aromatic heterocycles. The predicted molar refractivity (Wildman–Crippen MR) is 41.4 cm³/mol. The lowest BCUT2D eigenvalue weighted by Gasteiger charge is -1.96. The smallest absolute Gasteiger partial charge is 0.269 e. The number of hydrogen-bond donors (Lipinski definition) is 0. The van der Waals surface area contributed by atoms with Crippen molar-refractivity contribution in [1.82, 2.24) is 4.57 Å². The minimum Gasteiger partial charge on any atom is -0.317 e. The lowest BCUT2D eigenvalue weighted by Crippen LogP contribution is -2.18. The van der Waals surface area contributed by atoms with Crippen LogP contribution < -0.4 is 5.56 Å². The van der Waals surface area contributed by atoms with Crippen LogP contribution in [0.15, 0.2) is 17.1 Å². The molecule has 0 aromatic carbocycles. The van der Waals surface area contributed by atoms with Crippen molar-refractivity contribution in [1.29, 1.82) is 5.26 Å². The topological polar surface area (TPSA) is 45.8 Å². The maximum absolute atomic E-state index is 11.1. The first-order valence-corrected chi connectivity index (χ1v) is 3.30. The van der Waals surface area contributed by atoms with Gasteiger partial charge in [0.15, 0.2) is 0 Å². The molecule has 0 amide bonds. The molecule has 0 atom stereocenters. The molecule has 1 rings (SSSR count). The zero-order valence-corrected chi connectivity index (χ0v) is 6.59. The Hall–Kier alpha value is -1.27. The Morgan fingerprint density at radius 2 is 2.36 bits per heavy atom. The first-order valence-electron chi connectivity index (χ1n) is 2.92. The molecule has 1 aromatic rings. The van der Waals surface area contributed by atoms with Crippen LogP contribution in [0.3, 0.4) is 0 Å². The minimum absolute atomic E-state index is 0.00309. The number of halogens is 1. The average Bonchev–Trinajstić information content (AvgIpc) is 1.99. The van der Waals surface area contributed by atoms with Crippen LogP contribution in [-0.2, 0) is 7.05 Å². The Bertz CT molecular complexity index is 375. The molecule has 0 aliphatic rings. The fourth-order valence-corrected chi connectivity index (χ4v) is 0.887. The van der Waals surface area contributed by atoms with Crippen LogP contribution >= 0.6 is 11.6 Å². The van der Waals surface area contributed by atoms with Crippen molar-refractivity contribution < 1.29 is 0 Å². The lowest BCUT2D eigenvalue weighted by atomic mass is 10.3. The van der Waals surface area contributed by atoms with E-state index in [1.807, 2.05) is 0 Å². The summed E-state index contributed by atoms with van der Waals surface area (Å²) in [6.07, 6.45) is 1.52. The van der Waals surface area contributed by atoms with Gasteiger partial charge in [-0.05, 0) is 6.07 Å². The molecule has 0 N–H and O–H groups in total. The molecule has 0 saturated heterocycles. The molecule has 0 spiro atoms. The fourth-order valence-electron chi connectivity index (χ4n) is 0.708. The van der Waals surface area contributed by atoms with Crippen molar-refractivity contribution in [2.24, 2.45) is 7.05 Å². The summed E-state index contributed by atoms with van der Waals surface area (Å²) < 4.78 is 1.31. The van der Waals surface area contributed by atoms with E-state index in [-0.39, 0.29) is 16.1 Å². The van der Waals surface area contributed by atoms with Crippen molar-refractivity contribution in [3.8, 4) is 6.07 Å². The van der Waals surface area contributed by atoms with Gasteiger partial charge in [-0.15, -0.1) is 0 Å². The van der Waals surface area contributed by atoms with Crippen molar-refractivity contribution in [3.63, 3.8) is 0 Å². The Morgan fingerprint density at radius 1 is 1.73 bits per heavy atom. The van der Waals surface area contributed by atoms with E-state index in [0.717, 1.165) is 0 Å². The lowest BCUT2D eigenvalue weighted by molar-refractivity contribution is 0.856. The van der Waals surface area contributed by atoms with Gasteiger partial charge in [0.2, 0.25) is 0 Å². The van der Waals surface area contributed by atoms with E-state index in [9.17, 15) is 4.79 Å². The Balaban J connectivity index is 3.58. The second-order valence-electron chi connectivity index (χ2n) is 2.07. The summed E-state index contributed by atoms with van der Waals surface area (Å²) in [5.74, 6) is 0. The number of nitrogens with zero attached hydrogens (tertiary/aromatic N) is 2. The normalized spacial score (nSPS) is 9.18. The summed E-state index contributed by atoms with van der Waals surface area (Å²) >= 11 is 5.57. The first-order chi connectivity index (χ1) is 5.16. The van der Waals surface area contributed by atoms with Crippen LogP contribution in [-0.4, -0.2) is 4.57 Å². The molecule has 0 radical (unpaired) electrons. The van der Waals surface area contributed by atoms with Crippen LogP contribution in [0.5, 0.6) is 0 Å². The second-order valence-corrected chi connectivity index (χ2v) is 2.47. The highest BCUT2D eigenvalue weighted by Crippen LogP contribution is 2.08. The highest BCUT2D eigenvalue weighted by atomic mass is 35.5. The van der Waals surface area contributed by atoms with E-state index in [4.69, 9.17) is 16.9 Å². The number of hydrogen-bond acceptors (Lipinski definition) is 2. The molecule has 0 saturated carbocycles. The van der Waals surface area contributed by atoms with Crippen LogP contribution in [0.4, 0.5) is 0 Å². The predicted octanol–water partition coefficient (Wildman–Crippen LogP) is 0.910. The van der Waals surface area contributed by atoms with Crippen molar-refractivity contribution in [2.75, 3.05) is 0 Å². The summed E-state index contributed by atoms with van der Waals surface area (Å²) in [4.78, 5) is 11.1. The minimum atomic E-state index is -0.361. The molecule has 0 unspecified atom stereocenters. The molecule has 1 heterocycles. The Morgan fingerprint density at radius 3 is 2.82 bits per heavy atom. The van der Waals surface area contributed by atoms with E-state index < -0.39 is 0 Å². The van der Waals surface area contributed by atoms with E-state index >= 15 is 0 Å². The Kier molecular flexibility index (Phi) is 1.97. The average molecular weight is 169 g/mol. The van der Waals surface area contributed by atoms with Gasteiger partial charge in [-0.3, -0.25) is 4.79 Å². The molecule has 3 nitrogen and oxygen atoms in total. The maximum atomic E-state index is 11.1. The van der Waals surface area contributed by atoms with Crippen molar-refractivity contribution in [3.05, 3.63) is 33.2 Å². The summed E-state index contributed by atoms with van der Waals surface area (Å²) in [5, 5.41) is 8.68. The summed E-state index contributed by atoms with van der Waals surface area (Å²) in [5.41, 5.74) is -0.364. The molecule has 4 heteroatoms. The van der Waals surface area contributed by atoms with Gasteiger partial charge in [0.1, 0.15) is 11.6 Å².